The highest BCUT2D eigenvalue weighted by Gasteiger charge is 2.12. The van der Waals surface area contributed by atoms with Gasteiger partial charge in [-0.15, -0.1) is 0 Å². The summed E-state index contributed by atoms with van der Waals surface area (Å²) < 4.78 is 3.40. The van der Waals surface area contributed by atoms with Crippen molar-refractivity contribution in [2.45, 2.75) is 26.3 Å². The lowest BCUT2D eigenvalue weighted by Gasteiger charge is -2.14. The van der Waals surface area contributed by atoms with Crippen LogP contribution >= 0.6 is 15.9 Å². The summed E-state index contributed by atoms with van der Waals surface area (Å²) >= 11 is 3.60. The molecule has 3 heteroatoms. The first-order valence-corrected chi connectivity index (χ1v) is 6.33. The largest absolute Gasteiger partial charge is 0.396 e. The second-order valence-electron chi connectivity index (χ2n) is 4.25. The zero-order chi connectivity index (χ0) is 11.7. The molecule has 1 aromatic carbocycles. The lowest BCUT2D eigenvalue weighted by molar-refractivity contribution is 0.296. The van der Waals surface area contributed by atoms with Gasteiger partial charge in [-0.05, 0) is 41.9 Å². The van der Waals surface area contributed by atoms with Crippen molar-refractivity contribution >= 4 is 26.8 Å². The standard InChI is InChI=1S/C13H16BrNO/c1-9(2)15-11(6-7-16)8-10-4-3-5-12(14)13(10)15/h3-5,8-9,16H,6-7H2,1-2H3. The Morgan fingerprint density at radius 3 is 2.75 bits per heavy atom. The molecule has 0 bridgehead atoms. The number of aliphatic hydroxyl groups excluding tert-OH is 1. The van der Waals surface area contributed by atoms with Crippen LogP contribution in [0.5, 0.6) is 0 Å². The molecule has 0 aliphatic heterocycles. The molecule has 1 N–H and O–H groups in total. The molecule has 0 saturated carbocycles. The lowest BCUT2D eigenvalue weighted by atomic mass is 10.2. The molecule has 0 atom stereocenters. The van der Waals surface area contributed by atoms with Crippen molar-refractivity contribution in [1.29, 1.82) is 0 Å². The Balaban J connectivity index is 2.72. The molecule has 0 radical (unpaired) electrons. The van der Waals surface area contributed by atoms with Crippen molar-refractivity contribution in [3.63, 3.8) is 0 Å². The number of aliphatic hydroxyl groups is 1. The number of fused-ring (bicyclic) bond motifs is 1. The summed E-state index contributed by atoms with van der Waals surface area (Å²) in [5, 5.41) is 10.3. The molecule has 1 heterocycles. The number of rotatable bonds is 3. The molecule has 2 rings (SSSR count). The van der Waals surface area contributed by atoms with E-state index in [1.165, 1.54) is 16.6 Å². The second kappa shape index (κ2) is 4.60. The molecule has 0 saturated heterocycles. The van der Waals surface area contributed by atoms with E-state index in [9.17, 15) is 0 Å². The highest BCUT2D eigenvalue weighted by molar-refractivity contribution is 9.10. The minimum absolute atomic E-state index is 0.195. The quantitative estimate of drug-likeness (QED) is 0.915. The second-order valence-corrected chi connectivity index (χ2v) is 5.11. The molecule has 2 aromatic rings. The summed E-state index contributed by atoms with van der Waals surface area (Å²) in [5.41, 5.74) is 2.42. The predicted molar refractivity (Wildman–Crippen MR) is 70.8 cm³/mol. The Labute approximate surface area is 104 Å². The Morgan fingerprint density at radius 2 is 2.12 bits per heavy atom. The third-order valence-corrected chi connectivity index (χ3v) is 3.41. The SMILES string of the molecule is CC(C)n1c(CCO)cc2cccc(Br)c21. The summed E-state index contributed by atoms with van der Waals surface area (Å²) in [7, 11) is 0. The summed E-state index contributed by atoms with van der Waals surface area (Å²) in [5.74, 6) is 0. The fourth-order valence-electron chi connectivity index (χ4n) is 2.19. The number of halogens is 1. The minimum atomic E-state index is 0.195. The molecule has 0 unspecified atom stereocenters. The van der Waals surface area contributed by atoms with Gasteiger partial charge < -0.3 is 9.67 Å². The molecule has 0 aliphatic carbocycles. The molecule has 0 fully saturated rings. The molecule has 16 heavy (non-hydrogen) atoms. The van der Waals surface area contributed by atoms with Gasteiger partial charge in [0.05, 0.1) is 5.52 Å². The fraction of sp³-hybridized carbons (Fsp3) is 0.385. The molecular weight excluding hydrogens is 266 g/mol. The van der Waals surface area contributed by atoms with E-state index in [0.29, 0.717) is 12.5 Å². The summed E-state index contributed by atoms with van der Waals surface area (Å²) in [6, 6.07) is 8.78. The van der Waals surface area contributed by atoms with Gasteiger partial charge in [0.15, 0.2) is 0 Å². The molecule has 0 spiro atoms. The smallest absolute Gasteiger partial charge is 0.0629 e. The van der Waals surface area contributed by atoms with E-state index in [2.05, 4.69) is 52.5 Å². The topological polar surface area (TPSA) is 25.2 Å². The van der Waals surface area contributed by atoms with Gasteiger partial charge in [0.1, 0.15) is 0 Å². The average Bonchev–Trinajstić information content (AvgIpc) is 2.58. The van der Waals surface area contributed by atoms with Gasteiger partial charge in [-0.3, -0.25) is 0 Å². The van der Waals surface area contributed by atoms with Crippen molar-refractivity contribution in [3.05, 3.63) is 34.4 Å². The van der Waals surface area contributed by atoms with Crippen molar-refractivity contribution < 1.29 is 5.11 Å². The lowest BCUT2D eigenvalue weighted by Crippen LogP contribution is -2.07. The average molecular weight is 282 g/mol. The van der Waals surface area contributed by atoms with Gasteiger partial charge in [-0.2, -0.15) is 0 Å². The van der Waals surface area contributed by atoms with Crippen molar-refractivity contribution in [1.82, 2.24) is 4.57 Å². The molecular formula is C13H16BrNO. The fourth-order valence-corrected chi connectivity index (χ4v) is 2.76. The Hall–Kier alpha value is -0.800. The van der Waals surface area contributed by atoms with Gasteiger partial charge in [0.25, 0.3) is 0 Å². The number of benzene rings is 1. The van der Waals surface area contributed by atoms with Crippen LogP contribution in [0.1, 0.15) is 25.6 Å². The number of hydrogen-bond donors (Lipinski definition) is 1. The van der Waals surface area contributed by atoms with E-state index < -0.39 is 0 Å². The first kappa shape index (κ1) is 11.7. The van der Waals surface area contributed by atoms with Crippen LogP contribution in [0.15, 0.2) is 28.7 Å². The van der Waals surface area contributed by atoms with E-state index >= 15 is 0 Å². The molecule has 0 amide bonds. The van der Waals surface area contributed by atoms with Crippen LogP contribution in [0, 0.1) is 0 Å². The zero-order valence-electron chi connectivity index (χ0n) is 9.57. The first-order valence-electron chi connectivity index (χ1n) is 5.54. The number of hydrogen-bond acceptors (Lipinski definition) is 1. The maximum atomic E-state index is 9.10. The Kier molecular flexibility index (Phi) is 3.36. The maximum absolute atomic E-state index is 9.10. The minimum Gasteiger partial charge on any atom is -0.396 e. The molecule has 86 valence electrons. The van der Waals surface area contributed by atoms with E-state index in [1.54, 1.807) is 0 Å². The number of aromatic nitrogens is 1. The highest BCUT2D eigenvalue weighted by atomic mass is 79.9. The van der Waals surface area contributed by atoms with E-state index in [4.69, 9.17) is 5.11 Å². The highest BCUT2D eigenvalue weighted by Crippen LogP contribution is 2.30. The van der Waals surface area contributed by atoms with Crippen LogP contribution < -0.4 is 0 Å². The third-order valence-electron chi connectivity index (χ3n) is 2.77. The van der Waals surface area contributed by atoms with Gasteiger partial charge in [-0.25, -0.2) is 0 Å². The van der Waals surface area contributed by atoms with Gasteiger partial charge in [-0.1, -0.05) is 12.1 Å². The molecule has 2 nitrogen and oxygen atoms in total. The summed E-state index contributed by atoms with van der Waals surface area (Å²) in [4.78, 5) is 0. The summed E-state index contributed by atoms with van der Waals surface area (Å²) in [6.45, 7) is 4.53. The van der Waals surface area contributed by atoms with Gasteiger partial charge in [0, 0.05) is 34.6 Å². The van der Waals surface area contributed by atoms with Crippen LogP contribution in [-0.2, 0) is 6.42 Å². The van der Waals surface area contributed by atoms with Gasteiger partial charge in [0.2, 0.25) is 0 Å². The van der Waals surface area contributed by atoms with E-state index in [0.717, 1.165) is 4.47 Å². The van der Waals surface area contributed by atoms with Gasteiger partial charge >= 0.3 is 0 Å². The van der Waals surface area contributed by atoms with Crippen LogP contribution in [0.3, 0.4) is 0 Å². The van der Waals surface area contributed by atoms with E-state index in [1.807, 2.05) is 6.07 Å². The Morgan fingerprint density at radius 1 is 1.38 bits per heavy atom. The van der Waals surface area contributed by atoms with Crippen LogP contribution in [-0.4, -0.2) is 16.3 Å². The van der Waals surface area contributed by atoms with E-state index in [-0.39, 0.29) is 6.61 Å². The normalized spacial score (nSPS) is 11.6. The monoisotopic (exact) mass is 281 g/mol. The molecule has 0 aliphatic rings. The summed E-state index contributed by atoms with van der Waals surface area (Å²) in [6.07, 6.45) is 0.708. The van der Waals surface area contributed by atoms with Crippen molar-refractivity contribution in [2.24, 2.45) is 0 Å². The molecule has 1 aromatic heterocycles. The number of nitrogens with zero attached hydrogens (tertiary/aromatic N) is 1. The number of para-hydroxylation sites is 1. The third kappa shape index (κ3) is 1.89. The Bertz CT molecular complexity index is 502. The first-order chi connectivity index (χ1) is 7.65. The zero-order valence-corrected chi connectivity index (χ0v) is 11.2. The van der Waals surface area contributed by atoms with Crippen LogP contribution in [0.2, 0.25) is 0 Å². The van der Waals surface area contributed by atoms with Crippen LogP contribution in [0.25, 0.3) is 10.9 Å². The predicted octanol–water partition coefficient (Wildman–Crippen LogP) is 3.52. The van der Waals surface area contributed by atoms with Crippen molar-refractivity contribution in [2.75, 3.05) is 6.61 Å². The maximum Gasteiger partial charge on any atom is 0.0629 e. The van der Waals surface area contributed by atoms with Crippen molar-refractivity contribution in [3.8, 4) is 0 Å². The van der Waals surface area contributed by atoms with Crippen LogP contribution in [0.4, 0.5) is 0 Å².